The summed E-state index contributed by atoms with van der Waals surface area (Å²) in [5.41, 5.74) is 1.07. The lowest BCUT2D eigenvalue weighted by Gasteiger charge is -2.23. The number of urea groups is 1. The van der Waals surface area contributed by atoms with Crippen LogP contribution in [0.25, 0.3) is 0 Å². The van der Waals surface area contributed by atoms with E-state index < -0.39 is 0 Å². The highest BCUT2D eigenvalue weighted by Gasteiger charge is 2.25. The SMILES string of the molecule is COc1cccc(CN(C)C(=O)NC2CCCC2C)c1. The summed E-state index contributed by atoms with van der Waals surface area (Å²) in [6.45, 7) is 2.80. The second kappa shape index (κ2) is 6.64. The molecule has 0 saturated heterocycles. The molecule has 1 aromatic rings. The topological polar surface area (TPSA) is 41.6 Å². The molecule has 4 nitrogen and oxygen atoms in total. The zero-order valence-electron chi connectivity index (χ0n) is 12.6. The lowest BCUT2D eigenvalue weighted by Crippen LogP contribution is -2.43. The van der Waals surface area contributed by atoms with Crippen LogP contribution in [0.1, 0.15) is 31.7 Å². The Morgan fingerprint density at radius 2 is 2.25 bits per heavy atom. The summed E-state index contributed by atoms with van der Waals surface area (Å²) < 4.78 is 5.20. The zero-order chi connectivity index (χ0) is 14.5. The summed E-state index contributed by atoms with van der Waals surface area (Å²) in [5.74, 6) is 1.41. The van der Waals surface area contributed by atoms with Gasteiger partial charge in [0.2, 0.25) is 0 Å². The Morgan fingerprint density at radius 3 is 2.90 bits per heavy atom. The van der Waals surface area contributed by atoms with E-state index in [4.69, 9.17) is 4.74 Å². The minimum absolute atomic E-state index is 0.00608. The first-order valence-corrected chi connectivity index (χ1v) is 7.24. The highest BCUT2D eigenvalue weighted by atomic mass is 16.5. The molecule has 1 N–H and O–H groups in total. The van der Waals surface area contributed by atoms with Crippen LogP contribution in [0.4, 0.5) is 4.79 Å². The number of benzene rings is 1. The molecule has 1 saturated carbocycles. The van der Waals surface area contributed by atoms with E-state index in [1.165, 1.54) is 12.8 Å². The number of amides is 2. The average molecular weight is 276 g/mol. The Bertz CT molecular complexity index is 462. The molecule has 1 fully saturated rings. The molecule has 4 heteroatoms. The summed E-state index contributed by atoms with van der Waals surface area (Å²) in [6.07, 6.45) is 3.52. The zero-order valence-corrected chi connectivity index (χ0v) is 12.6. The van der Waals surface area contributed by atoms with Gasteiger partial charge < -0.3 is 15.0 Å². The van der Waals surface area contributed by atoms with Crippen LogP contribution >= 0.6 is 0 Å². The number of nitrogens with zero attached hydrogens (tertiary/aromatic N) is 1. The Balaban J connectivity index is 1.90. The first-order chi connectivity index (χ1) is 9.60. The van der Waals surface area contributed by atoms with E-state index in [9.17, 15) is 4.79 Å². The van der Waals surface area contributed by atoms with Crippen molar-refractivity contribution in [2.24, 2.45) is 5.92 Å². The lowest BCUT2D eigenvalue weighted by atomic mass is 10.1. The van der Waals surface area contributed by atoms with Gasteiger partial charge in [0.15, 0.2) is 0 Å². The highest BCUT2D eigenvalue weighted by molar-refractivity contribution is 5.74. The molecule has 0 radical (unpaired) electrons. The number of carbonyl (C=O) groups excluding carboxylic acids is 1. The third-order valence-electron chi connectivity index (χ3n) is 4.07. The molecule has 0 bridgehead atoms. The first kappa shape index (κ1) is 14.7. The quantitative estimate of drug-likeness (QED) is 0.918. The number of hydrogen-bond acceptors (Lipinski definition) is 2. The minimum Gasteiger partial charge on any atom is -0.497 e. The molecule has 0 heterocycles. The maximum atomic E-state index is 12.2. The van der Waals surface area contributed by atoms with Crippen LogP contribution in [0, 0.1) is 5.92 Å². The van der Waals surface area contributed by atoms with Crippen molar-refractivity contribution in [2.75, 3.05) is 14.2 Å². The third kappa shape index (κ3) is 3.65. The van der Waals surface area contributed by atoms with E-state index in [0.717, 1.165) is 17.7 Å². The van der Waals surface area contributed by atoms with Crippen molar-refractivity contribution >= 4 is 6.03 Å². The maximum Gasteiger partial charge on any atom is 0.317 e. The molecule has 0 aliphatic heterocycles. The molecular formula is C16H24N2O2. The van der Waals surface area contributed by atoms with E-state index in [0.29, 0.717) is 18.5 Å². The van der Waals surface area contributed by atoms with E-state index in [1.54, 1.807) is 12.0 Å². The van der Waals surface area contributed by atoms with Crippen molar-refractivity contribution in [1.29, 1.82) is 0 Å². The molecule has 2 unspecified atom stereocenters. The van der Waals surface area contributed by atoms with Crippen LogP contribution in [0.3, 0.4) is 0 Å². The van der Waals surface area contributed by atoms with Crippen molar-refractivity contribution in [3.63, 3.8) is 0 Å². The second-order valence-corrected chi connectivity index (χ2v) is 5.67. The predicted molar refractivity (Wildman–Crippen MR) is 79.8 cm³/mol. The van der Waals surface area contributed by atoms with Gasteiger partial charge >= 0.3 is 6.03 Å². The molecule has 2 rings (SSSR count). The number of ether oxygens (including phenoxy) is 1. The van der Waals surface area contributed by atoms with Gasteiger partial charge in [0.1, 0.15) is 5.75 Å². The summed E-state index contributed by atoms with van der Waals surface area (Å²) in [4.78, 5) is 13.9. The normalized spacial score (nSPS) is 21.6. The van der Waals surface area contributed by atoms with Crippen molar-refractivity contribution in [3.8, 4) is 5.75 Å². The largest absolute Gasteiger partial charge is 0.497 e. The number of carbonyl (C=O) groups is 1. The molecule has 2 atom stereocenters. The van der Waals surface area contributed by atoms with E-state index in [1.807, 2.05) is 31.3 Å². The fourth-order valence-electron chi connectivity index (χ4n) is 2.75. The second-order valence-electron chi connectivity index (χ2n) is 5.67. The smallest absolute Gasteiger partial charge is 0.317 e. The summed E-state index contributed by atoms with van der Waals surface area (Å²) in [7, 11) is 3.48. The highest BCUT2D eigenvalue weighted by Crippen LogP contribution is 2.25. The number of rotatable bonds is 4. The van der Waals surface area contributed by atoms with Gasteiger partial charge in [0.25, 0.3) is 0 Å². The molecular weight excluding hydrogens is 252 g/mol. The average Bonchev–Trinajstić information content (AvgIpc) is 2.84. The van der Waals surface area contributed by atoms with E-state index in [2.05, 4.69) is 12.2 Å². The van der Waals surface area contributed by atoms with Crippen molar-refractivity contribution in [3.05, 3.63) is 29.8 Å². The molecule has 1 aliphatic carbocycles. The van der Waals surface area contributed by atoms with Crippen LogP contribution in [-0.2, 0) is 6.54 Å². The number of methoxy groups -OCH3 is 1. The van der Waals surface area contributed by atoms with Gasteiger partial charge in [-0.15, -0.1) is 0 Å². The third-order valence-corrected chi connectivity index (χ3v) is 4.07. The standard InChI is InChI=1S/C16H24N2O2/c1-12-6-4-9-15(12)17-16(19)18(2)11-13-7-5-8-14(10-13)20-3/h5,7-8,10,12,15H,4,6,9,11H2,1-3H3,(H,17,19). The van der Waals surface area contributed by atoms with Crippen LogP contribution in [0.2, 0.25) is 0 Å². The van der Waals surface area contributed by atoms with Gasteiger partial charge in [-0.2, -0.15) is 0 Å². The Hall–Kier alpha value is -1.71. The summed E-state index contributed by atoms with van der Waals surface area (Å²) in [6, 6.07) is 8.15. The van der Waals surface area contributed by atoms with E-state index >= 15 is 0 Å². The monoisotopic (exact) mass is 276 g/mol. The van der Waals surface area contributed by atoms with Gasteiger partial charge in [-0.3, -0.25) is 0 Å². The van der Waals surface area contributed by atoms with Crippen LogP contribution < -0.4 is 10.1 Å². The van der Waals surface area contributed by atoms with Gasteiger partial charge in [-0.25, -0.2) is 4.79 Å². The fourth-order valence-corrected chi connectivity index (χ4v) is 2.75. The minimum atomic E-state index is 0.00608. The van der Waals surface area contributed by atoms with Crippen LogP contribution in [0.5, 0.6) is 5.75 Å². The molecule has 0 spiro atoms. The van der Waals surface area contributed by atoms with Crippen LogP contribution in [-0.4, -0.2) is 31.1 Å². The fraction of sp³-hybridized carbons (Fsp3) is 0.562. The lowest BCUT2D eigenvalue weighted by molar-refractivity contribution is 0.200. The maximum absolute atomic E-state index is 12.2. The Kier molecular flexibility index (Phi) is 4.88. The molecule has 1 aliphatic rings. The van der Waals surface area contributed by atoms with Crippen molar-refractivity contribution in [1.82, 2.24) is 10.2 Å². The molecule has 20 heavy (non-hydrogen) atoms. The number of nitrogens with one attached hydrogen (secondary N) is 1. The summed E-state index contributed by atoms with van der Waals surface area (Å²) >= 11 is 0. The molecule has 1 aromatic carbocycles. The Morgan fingerprint density at radius 1 is 1.45 bits per heavy atom. The van der Waals surface area contributed by atoms with Crippen molar-refractivity contribution < 1.29 is 9.53 Å². The predicted octanol–water partition coefficient (Wildman–Crippen LogP) is 3.03. The molecule has 110 valence electrons. The molecule has 0 aromatic heterocycles. The first-order valence-electron chi connectivity index (χ1n) is 7.24. The van der Waals surface area contributed by atoms with E-state index in [-0.39, 0.29) is 6.03 Å². The Labute approximate surface area is 121 Å². The number of hydrogen-bond donors (Lipinski definition) is 1. The van der Waals surface area contributed by atoms with Gasteiger partial charge in [0, 0.05) is 19.6 Å². The van der Waals surface area contributed by atoms with Crippen molar-refractivity contribution in [2.45, 2.75) is 38.8 Å². The van der Waals surface area contributed by atoms with Crippen LogP contribution in [0.15, 0.2) is 24.3 Å². The van der Waals surface area contributed by atoms with Gasteiger partial charge in [-0.1, -0.05) is 25.5 Å². The van der Waals surface area contributed by atoms with Gasteiger partial charge in [-0.05, 0) is 36.5 Å². The van der Waals surface area contributed by atoms with Gasteiger partial charge in [0.05, 0.1) is 7.11 Å². The molecule has 2 amide bonds. The summed E-state index contributed by atoms with van der Waals surface area (Å²) in [5, 5.41) is 3.13.